The van der Waals surface area contributed by atoms with E-state index in [1.165, 1.54) is 6.42 Å². The van der Waals surface area contributed by atoms with Crippen molar-refractivity contribution in [3.05, 3.63) is 29.8 Å². The molecular weight excluding hydrogens is 364 g/mol. The molecule has 4 N–H and O–H groups in total. The molecule has 6 heteroatoms. The molecule has 0 atom stereocenters. The summed E-state index contributed by atoms with van der Waals surface area (Å²) in [6.07, 6.45) is 9.06. The van der Waals surface area contributed by atoms with Crippen molar-refractivity contribution in [2.45, 2.75) is 83.4 Å². The lowest BCUT2D eigenvalue weighted by Gasteiger charge is -2.27. The summed E-state index contributed by atoms with van der Waals surface area (Å²) in [6, 6.07) is 8.34. The third-order valence-electron chi connectivity index (χ3n) is 5.97. The molecule has 6 nitrogen and oxygen atoms in total. The van der Waals surface area contributed by atoms with E-state index in [2.05, 4.69) is 22.9 Å². The number of guanidine groups is 1. The van der Waals surface area contributed by atoms with Gasteiger partial charge in [0, 0.05) is 24.2 Å². The number of hydrogen-bond donors (Lipinski definition) is 4. The van der Waals surface area contributed by atoms with Gasteiger partial charge in [-0.1, -0.05) is 31.4 Å². The van der Waals surface area contributed by atoms with Crippen LogP contribution in [0.4, 0.5) is 5.69 Å². The highest BCUT2D eigenvalue weighted by Gasteiger charge is 2.21. The van der Waals surface area contributed by atoms with E-state index in [4.69, 9.17) is 4.99 Å². The molecule has 0 radical (unpaired) electrons. The van der Waals surface area contributed by atoms with Crippen LogP contribution in [0.1, 0.15) is 70.3 Å². The van der Waals surface area contributed by atoms with Gasteiger partial charge in [0.15, 0.2) is 5.96 Å². The molecule has 2 aliphatic rings. The summed E-state index contributed by atoms with van der Waals surface area (Å²) in [5.74, 6) is 1.12. The van der Waals surface area contributed by atoms with E-state index in [9.17, 15) is 9.90 Å². The summed E-state index contributed by atoms with van der Waals surface area (Å²) in [5, 5.41) is 19.6. The minimum Gasteiger partial charge on any atom is -0.393 e. The van der Waals surface area contributed by atoms with Crippen molar-refractivity contribution >= 4 is 17.6 Å². The molecule has 29 heavy (non-hydrogen) atoms. The first-order valence-corrected chi connectivity index (χ1v) is 11.3. The highest BCUT2D eigenvalue weighted by Crippen LogP contribution is 2.25. The number of anilines is 1. The van der Waals surface area contributed by atoms with Gasteiger partial charge in [-0.25, -0.2) is 4.99 Å². The molecule has 0 unspecified atom stereocenters. The van der Waals surface area contributed by atoms with Gasteiger partial charge in [0.05, 0.1) is 12.6 Å². The minimum absolute atomic E-state index is 0.153. The van der Waals surface area contributed by atoms with Crippen molar-refractivity contribution in [2.75, 3.05) is 11.9 Å². The zero-order chi connectivity index (χ0) is 20.5. The molecular formula is C23H36N4O2. The average molecular weight is 401 g/mol. The Morgan fingerprint density at radius 3 is 2.59 bits per heavy atom. The quantitative estimate of drug-likeness (QED) is 0.434. The maximum atomic E-state index is 12.5. The van der Waals surface area contributed by atoms with Crippen molar-refractivity contribution in [1.82, 2.24) is 10.6 Å². The molecule has 0 spiro atoms. The lowest BCUT2D eigenvalue weighted by atomic mass is 9.88. The van der Waals surface area contributed by atoms with E-state index in [0.29, 0.717) is 12.6 Å². The molecule has 0 heterocycles. The maximum Gasteiger partial charge on any atom is 0.227 e. The van der Waals surface area contributed by atoms with Crippen molar-refractivity contribution < 1.29 is 9.90 Å². The number of carbonyl (C=O) groups is 1. The first kappa shape index (κ1) is 21.6. The Morgan fingerprint density at radius 1 is 1.10 bits per heavy atom. The fraction of sp³-hybridized carbons (Fsp3) is 0.652. The van der Waals surface area contributed by atoms with Crippen molar-refractivity contribution in [2.24, 2.45) is 10.9 Å². The van der Waals surface area contributed by atoms with Crippen LogP contribution < -0.4 is 16.0 Å². The Balaban J connectivity index is 1.56. The van der Waals surface area contributed by atoms with Crippen LogP contribution in [0.15, 0.2) is 29.3 Å². The smallest absolute Gasteiger partial charge is 0.227 e. The predicted molar refractivity (Wildman–Crippen MR) is 118 cm³/mol. The van der Waals surface area contributed by atoms with Crippen molar-refractivity contribution in [1.29, 1.82) is 0 Å². The number of nitrogens with zero attached hydrogens (tertiary/aromatic N) is 1. The Hall–Kier alpha value is -2.08. The van der Waals surface area contributed by atoms with Crippen LogP contribution in [-0.2, 0) is 11.3 Å². The second kappa shape index (κ2) is 11.2. The summed E-state index contributed by atoms with van der Waals surface area (Å²) < 4.78 is 0. The van der Waals surface area contributed by atoms with E-state index in [1.807, 2.05) is 24.3 Å². The van der Waals surface area contributed by atoms with Crippen LogP contribution in [0, 0.1) is 5.92 Å². The van der Waals surface area contributed by atoms with Crippen molar-refractivity contribution in [3.63, 3.8) is 0 Å². The Kier molecular flexibility index (Phi) is 8.35. The molecule has 2 fully saturated rings. The Morgan fingerprint density at radius 2 is 1.86 bits per heavy atom. The van der Waals surface area contributed by atoms with Gasteiger partial charge in [-0.3, -0.25) is 4.79 Å². The molecule has 2 saturated carbocycles. The van der Waals surface area contributed by atoms with E-state index >= 15 is 0 Å². The molecule has 3 rings (SSSR count). The van der Waals surface area contributed by atoms with E-state index < -0.39 is 0 Å². The molecule has 0 aliphatic heterocycles. The van der Waals surface area contributed by atoms with Crippen LogP contribution in [0.3, 0.4) is 0 Å². The number of aliphatic hydroxyl groups is 1. The van der Waals surface area contributed by atoms with Gasteiger partial charge in [0.25, 0.3) is 0 Å². The Bertz CT molecular complexity index is 677. The lowest BCUT2D eigenvalue weighted by Crippen LogP contribution is -2.45. The maximum absolute atomic E-state index is 12.5. The molecule has 0 bridgehead atoms. The third-order valence-corrected chi connectivity index (χ3v) is 5.97. The highest BCUT2D eigenvalue weighted by molar-refractivity contribution is 5.92. The normalized spacial score (nSPS) is 23.4. The molecule has 0 aromatic heterocycles. The standard InChI is InChI=1S/C23H36N4O2/c1-2-24-23(27-19-11-13-21(28)14-12-19)25-16-17-7-6-10-20(15-17)26-22(29)18-8-4-3-5-9-18/h6-7,10,15,18-19,21,28H,2-5,8-9,11-14,16H2,1H3,(H,26,29)(H2,24,25,27). The van der Waals surface area contributed by atoms with Crippen LogP contribution in [0.25, 0.3) is 0 Å². The number of aliphatic imine (C=N–C) groups is 1. The molecule has 160 valence electrons. The molecule has 1 aromatic rings. The summed E-state index contributed by atoms with van der Waals surface area (Å²) in [6.45, 7) is 3.42. The number of benzene rings is 1. The first-order valence-electron chi connectivity index (χ1n) is 11.3. The number of nitrogens with one attached hydrogen (secondary N) is 3. The third kappa shape index (κ3) is 7.03. The van der Waals surface area contributed by atoms with E-state index in [1.54, 1.807) is 0 Å². The van der Waals surface area contributed by atoms with Gasteiger partial charge >= 0.3 is 0 Å². The topological polar surface area (TPSA) is 85.8 Å². The highest BCUT2D eigenvalue weighted by atomic mass is 16.3. The van der Waals surface area contributed by atoms with Crippen LogP contribution in [0.2, 0.25) is 0 Å². The molecule has 1 amide bonds. The van der Waals surface area contributed by atoms with Crippen molar-refractivity contribution in [3.8, 4) is 0 Å². The van der Waals surface area contributed by atoms with Gasteiger partial charge in [0.1, 0.15) is 0 Å². The lowest BCUT2D eigenvalue weighted by molar-refractivity contribution is -0.120. The van der Waals surface area contributed by atoms with Gasteiger partial charge in [-0.05, 0) is 63.1 Å². The van der Waals surface area contributed by atoms with Crippen LogP contribution >= 0.6 is 0 Å². The predicted octanol–water partition coefficient (Wildman–Crippen LogP) is 3.56. The summed E-state index contributed by atoms with van der Waals surface area (Å²) in [5.41, 5.74) is 1.93. The number of hydrogen-bond acceptors (Lipinski definition) is 3. The number of carbonyl (C=O) groups excluding carboxylic acids is 1. The van der Waals surface area contributed by atoms with Gasteiger partial charge in [-0.15, -0.1) is 0 Å². The zero-order valence-corrected chi connectivity index (χ0v) is 17.6. The summed E-state index contributed by atoms with van der Waals surface area (Å²) in [7, 11) is 0. The number of aliphatic hydroxyl groups excluding tert-OH is 1. The monoisotopic (exact) mass is 400 g/mol. The fourth-order valence-corrected chi connectivity index (χ4v) is 4.26. The molecule has 0 saturated heterocycles. The Labute approximate surface area is 174 Å². The summed E-state index contributed by atoms with van der Waals surface area (Å²) >= 11 is 0. The SMILES string of the molecule is CCNC(=NCc1cccc(NC(=O)C2CCCCC2)c1)NC1CCC(O)CC1. The minimum atomic E-state index is -0.154. The number of amides is 1. The van der Waals surface area contributed by atoms with E-state index in [0.717, 1.165) is 75.1 Å². The molecule has 1 aromatic carbocycles. The largest absolute Gasteiger partial charge is 0.393 e. The van der Waals surface area contributed by atoms with Gasteiger partial charge in [0.2, 0.25) is 5.91 Å². The fourth-order valence-electron chi connectivity index (χ4n) is 4.26. The van der Waals surface area contributed by atoms with Crippen LogP contribution in [-0.4, -0.2) is 35.7 Å². The second-order valence-corrected chi connectivity index (χ2v) is 8.37. The van der Waals surface area contributed by atoms with Gasteiger partial charge in [-0.2, -0.15) is 0 Å². The molecule has 2 aliphatic carbocycles. The number of rotatable bonds is 6. The van der Waals surface area contributed by atoms with E-state index in [-0.39, 0.29) is 17.9 Å². The zero-order valence-electron chi connectivity index (χ0n) is 17.6. The summed E-state index contributed by atoms with van der Waals surface area (Å²) in [4.78, 5) is 17.2. The average Bonchev–Trinajstić information content (AvgIpc) is 2.75. The second-order valence-electron chi connectivity index (χ2n) is 8.37. The first-order chi connectivity index (χ1) is 14.1. The van der Waals surface area contributed by atoms with Crippen LogP contribution in [0.5, 0.6) is 0 Å². The van der Waals surface area contributed by atoms with Gasteiger partial charge < -0.3 is 21.1 Å².